The van der Waals surface area contributed by atoms with Gasteiger partial charge in [-0.1, -0.05) is 18.2 Å². The van der Waals surface area contributed by atoms with Crippen LogP contribution in [0.2, 0.25) is 0 Å². The Morgan fingerprint density at radius 1 is 1.25 bits per heavy atom. The van der Waals surface area contributed by atoms with Crippen LogP contribution in [0.4, 0.5) is 0 Å². The van der Waals surface area contributed by atoms with E-state index in [9.17, 15) is 9.59 Å². The monoisotopic (exact) mass is 224 g/mol. The largest absolute Gasteiger partial charge is 0.496 e. The molecule has 0 aliphatic rings. The molecule has 0 heterocycles. The Hall–Kier alpha value is -1.88. The number of carbonyl (C=O) groups excluding carboxylic acids is 1. The number of hydrogen-bond acceptors (Lipinski definition) is 4. The van der Waals surface area contributed by atoms with Crippen LogP contribution in [0.3, 0.4) is 0 Å². The molecule has 1 rings (SSSR count). The van der Waals surface area contributed by atoms with Crippen LogP contribution in [0.1, 0.15) is 11.7 Å². The van der Waals surface area contributed by atoms with Crippen molar-refractivity contribution in [1.29, 1.82) is 0 Å². The summed E-state index contributed by atoms with van der Waals surface area (Å²) in [4.78, 5) is 22.0. The van der Waals surface area contributed by atoms with Gasteiger partial charge in [0.15, 0.2) is 6.10 Å². The van der Waals surface area contributed by atoms with Gasteiger partial charge in [0.2, 0.25) is 0 Å². The first-order valence-electron chi connectivity index (χ1n) is 4.54. The van der Waals surface area contributed by atoms with Gasteiger partial charge in [-0.05, 0) is 6.07 Å². The summed E-state index contributed by atoms with van der Waals surface area (Å²) in [5.41, 5.74) is 0.403. The summed E-state index contributed by atoms with van der Waals surface area (Å²) in [6.07, 6.45) is -1.14. The van der Waals surface area contributed by atoms with Crippen LogP contribution in [0.25, 0.3) is 0 Å². The van der Waals surface area contributed by atoms with E-state index in [2.05, 4.69) is 0 Å². The van der Waals surface area contributed by atoms with Crippen LogP contribution in [-0.4, -0.2) is 31.1 Å². The van der Waals surface area contributed by atoms with Gasteiger partial charge in [0.05, 0.1) is 7.11 Å². The molecule has 1 aromatic rings. The smallest absolute Gasteiger partial charge is 0.375 e. The van der Waals surface area contributed by atoms with Crippen molar-refractivity contribution in [1.82, 2.24) is 0 Å². The summed E-state index contributed by atoms with van der Waals surface area (Å²) in [7, 11) is 2.72. The molecule has 0 saturated heterocycles. The Labute approximate surface area is 92.6 Å². The summed E-state index contributed by atoms with van der Waals surface area (Å²) < 4.78 is 9.92. The number of para-hydroxylation sites is 1. The molecule has 1 aromatic carbocycles. The standard InChI is InChI=1S/C11H12O5/c1-15-8-6-4-3-5-7(8)10(16-2)9(12)11(13)14/h3-6,10H,1-2H3,(H,13,14). The Kier molecular flexibility index (Phi) is 4.02. The number of carboxylic acid groups (broad SMARTS) is 1. The molecule has 0 radical (unpaired) electrons. The third kappa shape index (κ3) is 2.38. The zero-order chi connectivity index (χ0) is 12.1. The number of benzene rings is 1. The SMILES string of the molecule is COc1ccccc1C(OC)C(=O)C(=O)O. The molecule has 1 unspecified atom stereocenters. The van der Waals surface area contributed by atoms with Gasteiger partial charge in [-0.2, -0.15) is 0 Å². The summed E-state index contributed by atoms with van der Waals surface area (Å²) in [6.45, 7) is 0. The van der Waals surface area contributed by atoms with E-state index in [1.165, 1.54) is 14.2 Å². The van der Waals surface area contributed by atoms with Gasteiger partial charge in [0, 0.05) is 12.7 Å². The summed E-state index contributed by atoms with van der Waals surface area (Å²) in [5, 5.41) is 8.64. The Morgan fingerprint density at radius 2 is 1.88 bits per heavy atom. The van der Waals surface area contributed by atoms with Crippen LogP contribution >= 0.6 is 0 Å². The fourth-order valence-electron chi connectivity index (χ4n) is 1.37. The van der Waals surface area contributed by atoms with Crippen molar-refractivity contribution in [2.75, 3.05) is 14.2 Å². The number of rotatable bonds is 5. The highest BCUT2D eigenvalue weighted by molar-refractivity contribution is 6.34. The van der Waals surface area contributed by atoms with Crippen LogP contribution in [0.15, 0.2) is 24.3 Å². The Bertz CT molecular complexity index is 399. The topological polar surface area (TPSA) is 72.8 Å². The maximum atomic E-state index is 11.4. The predicted octanol–water partition coefficient (Wildman–Crippen LogP) is 1.04. The zero-order valence-corrected chi connectivity index (χ0v) is 8.97. The minimum Gasteiger partial charge on any atom is -0.496 e. The lowest BCUT2D eigenvalue weighted by Gasteiger charge is -2.15. The highest BCUT2D eigenvalue weighted by Crippen LogP contribution is 2.27. The first-order chi connectivity index (χ1) is 7.61. The van der Waals surface area contributed by atoms with E-state index in [1.54, 1.807) is 24.3 Å². The summed E-state index contributed by atoms with van der Waals surface area (Å²) in [5.74, 6) is -2.13. The van der Waals surface area contributed by atoms with Crippen molar-refractivity contribution in [3.63, 3.8) is 0 Å². The second-order valence-electron chi connectivity index (χ2n) is 3.03. The summed E-state index contributed by atoms with van der Waals surface area (Å²) in [6, 6.07) is 6.63. The van der Waals surface area contributed by atoms with Crippen LogP contribution < -0.4 is 4.74 Å². The molecule has 0 amide bonds. The number of carboxylic acids is 1. The molecular weight excluding hydrogens is 212 g/mol. The van der Waals surface area contributed by atoms with Crippen molar-refractivity contribution >= 4 is 11.8 Å². The fourth-order valence-corrected chi connectivity index (χ4v) is 1.37. The van der Waals surface area contributed by atoms with Gasteiger partial charge in [0.1, 0.15) is 5.75 Å². The highest BCUT2D eigenvalue weighted by atomic mass is 16.5. The molecule has 0 spiro atoms. The minimum atomic E-state index is -1.53. The molecule has 5 heteroatoms. The highest BCUT2D eigenvalue weighted by Gasteiger charge is 2.28. The predicted molar refractivity (Wildman–Crippen MR) is 55.4 cm³/mol. The molecule has 0 bridgehead atoms. The average Bonchev–Trinajstić information content (AvgIpc) is 2.30. The van der Waals surface area contributed by atoms with Gasteiger partial charge >= 0.3 is 5.97 Å². The first-order valence-corrected chi connectivity index (χ1v) is 4.54. The minimum absolute atomic E-state index is 0.403. The lowest BCUT2D eigenvalue weighted by molar-refractivity contribution is -0.154. The maximum absolute atomic E-state index is 11.4. The van der Waals surface area contributed by atoms with Gasteiger partial charge in [0.25, 0.3) is 5.78 Å². The third-order valence-electron chi connectivity index (χ3n) is 2.11. The summed E-state index contributed by atoms with van der Waals surface area (Å²) >= 11 is 0. The number of ketones is 1. The number of methoxy groups -OCH3 is 2. The molecular formula is C11H12O5. The quantitative estimate of drug-likeness (QED) is 0.756. The van der Waals surface area contributed by atoms with Gasteiger partial charge in [-0.3, -0.25) is 4.79 Å². The van der Waals surface area contributed by atoms with Crippen LogP contribution in [0, 0.1) is 0 Å². The second kappa shape index (κ2) is 5.27. The Morgan fingerprint density at radius 3 is 2.38 bits per heavy atom. The normalized spacial score (nSPS) is 11.9. The number of hydrogen-bond donors (Lipinski definition) is 1. The van der Waals surface area contributed by atoms with Crippen LogP contribution in [-0.2, 0) is 14.3 Å². The van der Waals surface area contributed by atoms with E-state index in [0.717, 1.165) is 0 Å². The molecule has 16 heavy (non-hydrogen) atoms. The third-order valence-corrected chi connectivity index (χ3v) is 2.11. The van der Waals surface area contributed by atoms with E-state index < -0.39 is 17.9 Å². The average molecular weight is 224 g/mol. The molecule has 5 nitrogen and oxygen atoms in total. The number of Topliss-reactive ketones (excluding diaryl/α,β-unsaturated/α-hetero) is 1. The fraction of sp³-hybridized carbons (Fsp3) is 0.273. The van der Waals surface area contributed by atoms with E-state index in [-0.39, 0.29) is 0 Å². The zero-order valence-electron chi connectivity index (χ0n) is 8.97. The number of ether oxygens (including phenoxy) is 2. The van der Waals surface area contributed by atoms with Gasteiger partial charge < -0.3 is 14.6 Å². The van der Waals surface area contributed by atoms with E-state index in [0.29, 0.717) is 11.3 Å². The number of aliphatic carboxylic acids is 1. The first kappa shape index (κ1) is 12.2. The van der Waals surface area contributed by atoms with Crippen molar-refractivity contribution in [2.24, 2.45) is 0 Å². The molecule has 0 aliphatic heterocycles. The maximum Gasteiger partial charge on any atom is 0.375 e. The molecule has 0 aromatic heterocycles. The van der Waals surface area contributed by atoms with Crippen molar-refractivity contribution in [3.05, 3.63) is 29.8 Å². The molecule has 86 valence electrons. The van der Waals surface area contributed by atoms with E-state index >= 15 is 0 Å². The molecule has 0 aliphatic carbocycles. The van der Waals surface area contributed by atoms with E-state index in [1.807, 2.05) is 0 Å². The van der Waals surface area contributed by atoms with Crippen LogP contribution in [0.5, 0.6) is 5.75 Å². The van der Waals surface area contributed by atoms with Gasteiger partial charge in [-0.25, -0.2) is 4.79 Å². The van der Waals surface area contributed by atoms with Crippen molar-refractivity contribution in [3.8, 4) is 5.75 Å². The van der Waals surface area contributed by atoms with Crippen molar-refractivity contribution in [2.45, 2.75) is 6.10 Å². The lowest BCUT2D eigenvalue weighted by atomic mass is 10.0. The molecule has 1 N–H and O–H groups in total. The van der Waals surface area contributed by atoms with Crippen molar-refractivity contribution < 1.29 is 24.2 Å². The number of carbonyl (C=O) groups is 2. The molecule has 0 fully saturated rings. The lowest BCUT2D eigenvalue weighted by Crippen LogP contribution is -2.23. The van der Waals surface area contributed by atoms with E-state index in [4.69, 9.17) is 14.6 Å². The Balaban J connectivity index is 3.13. The van der Waals surface area contributed by atoms with Gasteiger partial charge in [-0.15, -0.1) is 0 Å². The molecule has 0 saturated carbocycles. The second-order valence-corrected chi connectivity index (χ2v) is 3.03. The molecule has 1 atom stereocenters.